The Hall–Kier alpha value is -0.300. The first-order valence-electron chi connectivity index (χ1n) is 3.97. The van der Waals surface area contributed by atoms with E-state index in [1.165, 1.54) is 19.3 Å². The minimum Gasteiger partial charge on any atom is -0.298 e. The van der Waals surface area contributed by atoms with Crippen molar-refractivity contribution in [3.05, 3.63) is 19.7 Å². The van der Waals surface area contributed by atoms with Crippen LogP contribution in [0.1, 0.15) is 26.2 Å². The van der Waals surface area contributed by atoms with Crippen LogP contribution < -0.4 is 0 Å². The van der Waals surface area contributed by atoms with Gasteiger partial charge in [-0.1, -0.05) is 25.8 Å². The van der Waals surface area contributed by atoms with Gasteiger partial charge in [-0.25, -0.2) is 0 Å². The quantitative estimate of drug-likeness (QED) is 0.404. The van der Waals surface area contributed by atoms with Crippen molar-refractivity contribution >= 4 is 0 Å². The number of hydrogen-bond acceptors (Lipinski definition) is 1. The number of unbranched alkanes of at least 4 members (excludes halogenated alkanes) is 2. The van der Waals surface area contributed by atoms with Gasteiger partial charge in [0, 0.05) is 13.6 Å². The van der Waals surface area contributed by atoms with E-state index in [9.17, 15) is 0 Å². The summed E-state index contributed by atoms with van der Waals surface area (Å²) >= 11 is 0. The van der Waals surface area contributed by atoms with Gasteiger partial charge in [-0.2, -0.15) is 0 Å². The molecule has 0 heterocycles. The van der Waals surface area contributed by atoms with Gasteiger partial charge in [-0.15, -0.1) is 6.58 Å². The Morgan fingerprint density at radius 3 is 2.60 bits per heavy atom. The van der Waals surface area contributed by atoms with E-state index in [4.69, 9.17) is 0 Å². The van der Waals surface area contributed by atoms with Crippen molar-refractivity contribution in [2.75, 3.05) is 13.1 Å². The highest BCUT2D eigenvalue weighted by atomic mass is 15.1. The second kappa shape index (κ2) is 6.81. The van der Waals surface area contributed by atoms with E-state index in [1.54, 1.807) is 0 Å². The summed E-state index contributed by atoms with van der Waals surface area (Å²) < 4.78 is 0. The number of hydrogen-bond donors (Lipinski definition) is 0. The van der Waals surface area contributed by atoms with Crippen molar-refractivity contribution in [1.29, 1.82) is 0 Å². The molecular weight excluding hydrogens is 122 g/mol. The van der Waals surface area contributed by atoms with Gasteiger partial charge in [0.25, 0.3) is 0 Å². The molecule has 0 rings (SSSR count). The first-order valence-corrected chi connectivity index (χ1v) is 3.97. The van der Waals surface area contributed by atoms with Gasteiger partial charge in [-0.3, -0.25) is 4.90 Å². The molecule has 0 bridgehead atoms. The van der Waals surface area contributed by atoms with Gasteiger partial charge in [-0.05, 0) is 13.0 Å². The van der Waals surface area contributed by atoms with E-state index in [-0.39, 0.29) is 0 Å². The maximum atomic E-state index is 3.86. The highest BCUT2D eigenvalue weighted by Crippen LogP contribution is 1.96. The molecule has 0 saturated heterocycles. The van der Waals surface area contributed by atoms with Gasteiger partial charge >= 0.3 is 0 Å². The SMILES string of the molecule is [CH2]N(CC=C)CCCCC. The molecule has 1 heteroatoms. The Balaban J connectivity index is 3.04. The minimum absolute atomic E-state index is 0.906. The van der Waals surface area contributed by atoms with E-state index in [0.717, 1.165) is 13.1 Å². The van der Waals surface area contributed by atoms with Crippen molar-refractivity contribution < 1.29 is 0 Å². The van der Waals surface area contributed by atoms with Crippen LogP contribution in [0.5, 0.6) is 0 Å². The molecule has 0 amide bonds. The van der Waals surface area contributed by atoms with Crippen LogP contribution in [0.15, 0.2) is 12.7 Å². The van der Waals surface area contributed by atoms with Gasteiger partial charge in [0.05, 0.1) is 0 Å². The number of nitrogens with zero attached hydrogens (tertiary/aromatic N) is 1. The smallest absolute Gasteiger partial charge is 0.0161 e. The van der Waals surface area contributed by atoms with Crippen molar-refractivity contribution in [3.8, 4) is 0 Å². The topological polar surface area (TPSA) is 3.24 Å². The lowest BCUT2D eigenvalue weighted by atomic mass is 10.2. The third kappa shape index (κ3) is 5.83. The third-order valence-corrected chi connectivity index (χ3v) is 1.47. The molecule has 0 aliphatic heterocycles. The van der Waals surface area contributed by atoms with Crippen LogP contribution in [-0.2, 0) is 0 Å². The van der Waals surface area contributed by atoms with Gasteiger partial charge in [0.1, 0.15) is 0 Å². The molecule has 0 spiro atoms. The van der Waals surface area contributed by atoms with Gasteiger partial charge < -0.3 is 0 Å². The van der Waals surface area contributed by atoms with Gasteiger partial charge in [0.15, 0.2) is 0 Å². The summed E-state index contributed by atoms with van der Waals surface area (Å²) in [5.74, 6) is 0. The van der Waals surface area contributed by atoms with Crippen LogP contribution in [0.3, 0.4) is 0 Å². The summed E-state index contributed by atoms with van der Waals surface area (Å²) in [6.45, 7) is 7.86. The average Bonchev–Trinajstić information content (AvgIpc) is 1.89. The monoisotopic (exact) mass is 140 g/mol. The molecule has 1 nitrogen and oxygen atoms in total. The fourth-order valence-corrected chi connectivity index (χ4v) is 0.859. The van der Waals surface area contributed by atoms with Crippen LogP contribution in [-0.4, -0.2) is 18.0 Å². The summed E-state index contributed by atoms with van der Waals surface area (Å²) in [5.41, 5.74) is 0. The van der Waals surface area contributed by atoms with Crippen molar-refractivity contribution in [2.24, 2.45) is 0 Å². The largest absolute Gasteiger partial charge is 0.298 e. The highest BCUT2D eigenvalue weighted by molar-refractivity contribution is 4.72. The lowest BCUT2D eigenvalue weighted by molar-refractivity contribution is 0.394. The van der Waals surface area contributed by atoms with E-state index >= 15 is 0 Å². The van der Waals surface area contributed by atoms with Crippen LogP contribution in [0.4, 0.5) is 0 Å². The molecule has 0 aromatic carbocycles. The van der Waals surface area contributed by atoms with Gasteiger partial charge in [0.2, 0.25) is 0 Å². The van der Waals surface area contributed by atoms with E-state index in [1.807, 2.05) is 11.0 Å². The zero-order chi connectivity index (χ0) is 7.82. The molecule has 0 saturated carbocycles. The molecule has 0 atom stereocenters. The predicted molar refractivity (Wildman–Crippen MR) is 46.7 cm³/mol. The fraction of sp³-hybridized carbons (Fsp3) is 0.667. The average molecular weight is 140 g/mol. The Morgan fingerprint density at radius 1 is 1.40 bits per heavy atom. The highest BCUT2D eigenvalue weighted by Gasteiger charge is 1.92. The van der Waals surface area contributed by atoms with Crippen LogP contribution >= 0.6 is 0 Å². The minimum atomic E-state index is 0.906. The molecule has 1 radical (unpaired) electrons. The summed E-state index contributed by atoms with van der Waals surface area (Å²) in [6, 6.07) is 0. The Bertz CT molecular complexity index is 78.8. The zero-order valence-corrected chi connectivity index (χ0v) is 6.97. The third-order valence-electron chi connectivity index (χ3n) is 1.47. The van der Waals surface area contributed by atoms with Crippen molar-refractivity contribution in [2.45, 2.75) is 26.2 Å². The zero-order valence-electron chi connectivity index (χ0n) is 6.97. The fourth-order valence-electron chi connectivity index (χ4n) is 0.859. The summed E-state index contributed by atoms with van der Waals surface area (Å²) in [5, 5.41) is 0. The first kappa shape index (κ1) is 9.70. The first-order chi connectivity index (χ1) is 4.81. The van der Waals surface area contributed by atoms with Crippen molar-refractivity contribution in [1.82, 2.24) is 4.90 Å². The second-order valence-corrected chi connectivity index (χ2v) is 2.57. The van der Waals surface area contributed by atoms with E-state index < -0.39 is 0 Å². The molecule has 0 unspecified atom stereocenters. The molecule has 0 aromatic heterocycles. The molecule has 59 valence electrons. The Kier molecular flexibility index (Phi) is 6.61. The van der Waals surface area contributed by atoms with Crippen molar-refractivity contribution in [3.63, 3.8) is 0 Å². The molecule has 0 aliphatic carbocycles. The summed E-state index contributed by atoms with van der Waals surface area (Å²) in [6.07, 6.45) is 5.73. The molecule has 0 aromatic rings. The predicted octanol–water partition coefficient (Wildman–Crippen LogP) is 2.46. The Labute approximate surface area is 64.7 Å². The summed E-state index contributed by atoms with van der Waals surface area (Å²) in [7, 11) is 3.86. The van der Waals surface area contributed by atoms with Crippen LogP contribution in [0.25, 0.3) is 0 Å². The molecule has 0 fully saturated rings. The van der Waals surface area contributed by atoms with E-state index in [0.29, 0.717) is 0 Å². The standard InChI is InChI=1S/C9H18N/c1-4-6-7-9-10(3)8-5-2/h5H,2-4,6-9H2,1H3. The molecule has 0 N–H and O–H groups in total. The lowest BCUT2D eigenvalue weighted by Crippen LogP contribution is -2.16. The number of rotatable bonds is 6. The molecule has 10 heavy (non-hydrogen) atoms. The maximum Gasteiger partial charge on any atom is 0.0161 e. The second-order valence-electron chi connectivity index (χ2n) is 2.57. The summed E-state index contributed by atoms with van der Waals surface area (Å²) in [4.78, 5) is 2.04. The normalized spacial score (nSPS) is 10.3. The van der Waals surface area contributed by atoms with Crippen LogP contribution in [0, 0.1) is 7.05 Å². The maximum absolute atomic E-state index is 3.86. The lowest BCUT2D eigenvalue weighted by Gasteiger charge is -2.12. The molecular formula is C9H18N. The van der Waals surface area contributed by atoms with Crippen LogP contribution in [0.2, 0.25) is 0 Å². The van der Waals surface area contributed by atoms with E-state index in [2.05, 4.69) is 20.6 Å². The molecule has 0 aliphatic rings. The Morgan fingerprint density at radius 2 is 2.10 bits per heavy atom.